The first-order chi connectivity index (χ1) is 12.5. The maximum absolute atomic E-state index is 12.7. The molecule has 2 fully saturated rings. The van der Waals surface area contributed by atoms with Crippen LogP contribution in [0.3, 0.4) is 0 Å². The van der Waals surface area contributed by atoms with E-state index in [0.29, 0.717) is 23.6 Å². The van der Waals surface area contributed by atoms with Crippen LogP contribution >= 0.6 is 22.9 Å². The third-order valence-electron chi connectivity index (χ3n) is 4.52. The Labute approximate surface area is 162 Å². The summed E-state index contributed by atoms with van der Waals surface area (Å²) in [4.78, 5) is 5.73. The summed E-state index contributed by atoms with van der Waals surface area (Å²) in [6.07, 6.45) is 3.74. The van der Waals surface area contributed by atoms with Gasteiger partial charge in [0.05, 0.1) is 29.1 Å². The highest BCUT2D eigenvalue weighted by Gasteiger charge is 2.60. The Morgan fingerprint density at radius 1 is 1.58 bits per heavy atom. The maximum atomic E-state index is 12.7. The largest absolute Gasteiger partial charge is 0.591 e. The number of hydrogen-bond donors (Lipinski definition) is 2. The first kappa shape index (κ1) is 17.6. The molecule has 10 heteroatoms. The van der Waals surface area contributed by atoms with E-state index in [1.165, 1.54) is 21.8 Å². The summed E-state index contributed by atoms with van der Waals surface area (Å²) in [5, 5.41) is 20.9. The third-order valence-corrected chi connectivity index (χ3v) is 7.92. The summed E-state index contributed by atoms with van der Waals surface area (Å²) >= 11 is 6.49. The van der Waals surface area contributed by atoms with E-state index >= 15 is 0 Å². The Morgan fingerprint density at radius 2 is 2.38 bits per heavy atom. The van der Waals surface area contributed by atoms with Gasteiger partial charge in [-0.15, -0.1) is 11.3 Å². The highest BCUT2D eigenvalue weighted by atomic mass is 35.5. The lowest BCUT2D eigenvalue weighted by molar-refractivity contribution is 0.126. The van der Waals surface area contributed by atoms with E-state index < -0.39 is 22.3 Å². The molecule has 134 valence electrons. The van der Waals surface area contributed by atoms with Crippen molar-refractivity contribution < 1.29 is 9.29 Å². The molecule has 2 aliphatic rings. The zero-order valence-electron chi connectivity index (χ0n) is 13.7. The van der Waals surface area contributed by atoms with E-state index in [2.05, 4.69) is 16.4 Å². The van der Waals surface area contributed by atoms with Crippen LogP contribution in [0.1, 0.15) is 16.9 Å². The van der Waals surface area contributed by atoms with Crippen LogP contribution in [0.4, 0.5) is 0 Å². The minimum Gasteiger partial charge on any atom is -0.591 e. The Hall–Kier alpha value is -1.83. The van der Waals surface area contributed by atoms with Crippen LogP contribution in [-0.2, 0) is 21.6 Å². The average molecular weight is 408 g/mol. The lowest BCUT2D eigenvalue weighted by Crippen LogP contribution is -2.65. The van der Waals surface area contributed by atoms with Gasteiger partial charge in [-0.05, 0) is 12.1 Å². The van der Waals surface area contributed by atoms with Gasteiger partial charge >= 0.3 is 0 Å². The second-order valence-electron chi connectivity index (χ2n) is 6.03. The number of fused-ring (bicyclic) bond motifs is 1. The van der Waals surface area contributed by atoms with Crippen LogP contribution in [0.2, 0.25) is 5.02 Å². The molecule has 2 aromatic rings. The smallest absolute Gasteiger partial charge is 0.269 e. The number of halogens is 1. The molecule has 2 aromatic heterocycles. The normalized spacial score (nSPS) is 27.8. The number of nitriles is 1. The lowest BCUT2D eigenvalue weighted by Gasteiger charge is -2.42. The molecule has 0 aromatic carbocycles. The van der Waals surface area contributed by atoms with Crippen LogP contribution in [0, 0.1) is 16.7 Å². The predicted molar refractivity (Wildman–Crippen MR) is 100 cm³/mol. The molecule has 4 rings (SSSR count). The van der Waals surface area contributed by atoms with Crippen molar-refractivity contribution in [3.63, 3.8) is 0 Å². The molecule has 2 aliphatic heterocycles. The number of nitrogens with one attached hydrogen (secondary N) is 2. The molecule has 2 N–H and O–H groups in total. The van der Waals surface area contributed by atoms with E-state index in [1.54, 1.807) is 19.3 Å². The first-order valence-corrected chi connectivity index (χ1v) is 10.1. The molecule has 4 heterocycles. The van der Waals surface area contributed by atoms with Gasteiger partial charge in [0.2, 0.25) is 5.96 Å². The summed E-state index contributed by atoms with van der Waals surface area (Å²) in [6, 6.07) is 5.64. The van der Waals surface area contributed by atoms with Crippen molar-refractivity contribution in [2.75, 3.05) is 13.7 Å². The quantitative estimate of drug-likeness (QED) is 0.740. The van der Waals surface area contributed by atoms with Gasteiger partial charge in [0, 0.05) is 29.3 Å². The van der Waals surface area contributed by atoms with Crippen LogP contribution in [-0.4, -0.2) is 38.9 Å². The summed E-state index contributed by atoms with van der Waals surface area (Å²) in [7, 11) is 1.59. The van der Waals surface area contributed by atoms with Gasteiger partial charge in [0.15, 0.2) is 5.54 Å². The standard InChI is InChI=1S/C16H14ClN5O2S2/c1-22-15(19)21-16(2-3-24-14(16)26(22)23)13-11(17)5-12(25-13)10-4-9(6-18)7-20-8-10/h4-5,7-8,14H,2-3H2,1H3,(H2,19,21)/t14?,16-,26?/m1/s1. The summed E-state index contributed by atoms with van der Waals surface area (Å²) < 4.78 is 19.8. The molecule has 0 saturated carbocycles. The van der Waals surface area contributed by atoms with Crippen molar-refractivity contribution in [1.82, 2.24) is 14.6 Å². The number of thiophene rings is 1. The van der Waals surface area contributed by atoms with Gasteiger partial charge in [-0.2, -0.15) is 9.57 Å². The van der Waals surface area contributed by atoms with Gasteiger partial charge in [0.1, 0.15) is 17.4 Å². The van der Waals surface area contributed by atoms with Crippen molar-refractivity contribution in [2.24, 2.45) is 0 Å². The summed E-state index contributed by atoms with van der Waals surface area (Å²) in [5.74, 6) is 0.0734. The summed E-state index contributed by atoms with van der Waals surface area (Å²) in [6.45, 7) is 0.430. The van der Waals surface area contributed by atoms with Crippen LogP contribution < -0.4 is 5.32 Å². The number of pyridine rings is 1. The molecule has 26 heavy (non-hydrogen) atoms. The van der Waals surface area contributed by atoms with Crippen molar-refractivity contribution >= 4 is 40.3 Å². The Balaban J connectivity index is 1.79. The summed E-state index contributed by atoms with van der Waals surface area (Å²) in [5.41, 5.74) is -0.157. The molecule has 2 unspecified atom stereocenters. The molecule has 0 amide bonds. The number of aromatic nitrogens is 1. The zero-order chi connectivity index (χ0) is 18.5. The molecule has 0 radical (unpaired) electrons. The highest BCUT2D eigenvalue weighted by Crippen LogP contribution is 2.49. The van der Waals surface area contributed by atoms with Gasteiger partial charge in [-0.1, -0.05) is 11.6 Å². The zero-order valence-corrected chi connectivity index (χ0v) is 16.0. The molecule has 0 bridgehead atoms. The fraction of sp³-hybridized carbons (Fsp3) is 0.312. The minimum absolute atomic E-state index is 0.0734. The first-order valence-electron chi connectivity index (χ1n) is 7.74. The molecular weight excluding hydrogens is 394 g/mol. The third kappa shape index (κ3) is 2.57. The van der Waals surface area contributed by atoms with E-state index in [4.69, 9.17) is 27.0 Å². The Morgan fingerprint density at radius 3 is 3.15 bits per heavy atom. The van der Waals surface area contributed by atoms with Crippen LogP contribution in [0.15, 0.2) is 24.5 Å². The van der Waals surface area contributed by atoms with E-state index in [-0.39, 0.29) is 5.96 Å². The monoisotopic (exact) mass is 407 g/mol. The fourth-order valence-electron chi connectivity index (χ4n) is 3.19. The number of ether oxygens (including phenoxy) is 1. The van der Waals surface area contributed by atoms with Crippen LogP contribution in [0.25, 0.3) is 10.4 Å². The van der Waals surface area contributed by atoms with Crippen molar-refractivity contribution in [3.8, 4) is 16.5 Å². The number of nitrogens with zero attached hydrogens (tertiary/aromatic N) is 3. The van der Waals surface area contributed by atoms with E-state index in [9.17, 15) is 4.55 Å². The van der Waals surface area contributed by atoms with Gasteiger partial charge < -0.3 is 14.6 Å². The van der Waals surface area contributed by atoms with E-state index in [1.807, 2.05) is 6.07 Å². The second-order valence-corrected chi connectivity index (χ2v) is 9.02. The Kier molecular flexibility index (Phi) is 4.33. The highest BCUT2D eigenvalue weighted by molar-refractivity contribution is 7.90. The molecule has 0 spiro atoms. The van der Waals surface area contributed by atoms with Gasteiger partial charge in [-0.25, -0.2) is 0 Å². The second kappa shape index (κ2) is 6.40. The van der Waals surface area contributed by atoms with Gasteiger partial charge in [-0.3, -0.25) is 10.4 Å². The predicted octanol–water partition coefficient (Wildman–Crippen LogP) is 2.41. The molecule has 7 nitrogen and oxygen atoms in total. The van der Waals surface area contributed by atoms with Crippen molar-refractivity contribution in [3.05, 3.63) is 40.0 Å². The van der Waals surface area contributed by atoms with Gasteiger partial charge in [0.25, 0.3) is 5.44 Å². The molecule has 0 aliphatic carbocycles. The molecular formula is C16H14ClN5O2S2. The molecule has 3 atom stereocenters. The van der Waals surface area contributed by atoms with Crippen LogP contribution in [0.5, 0.6) is 0 Å². The van der Waals surface area contributed by atoms with E-state index in [0.717, 1.165) is 15.3 Å². The lowest BCUT2D eigenvalue weighted by atomic mass is 9.96. The number of guanidine groups is 1. The topological polar surface area (TPSA) is 108 Å². The maximum Gasteiger partial charge on any atom is 0.269 e. The number of rotatable bonds is 2. The Bertz CT molecular complexity index is 930. The number of hydrogen-bond acceptors (Lipinski definition) is 6. The SMILES string of the molecule is CN1C(=N)N[C@@]2(c3sc(-c4cncc(C#N)c4)cc3Cl)CCOC2[S+]1[O-]. The molecule has 2 saturated heterocycles. The fourth-order valence-corrected chi connectivity index (χ4v) is 6.31. The average Bonchev–Trinajstić information content (AvgIpc) is 3.24. The van der Waals surface area contributed by atoms with Crippen molar-refractivity contribution in [1.29, 1.82) is 10.7 Å². The minimum atomic E-state index is -1.49. The van der Waals surface area contributed by atoms with Crippen molar-refractivity contribution in [2.45, 2.75) is 17.4 Å².